The van der Waals surface area contributed by atoms with Gasteiger partial charge in [-0.25, -0.2) is 4.98 Å². The number of hydrogen-bond acceptors (Lipinski definition) is 4. The zero-order valence-electron chi connectivity index (χ0n) is 20.6. The molecule has 0 aliphatic heterocycles. The third kappa shape index (κ3) is 5.49. The van der Waals surface area contributed by atoms with Gasteiger partial charge in [-0.15, -0.1) is 0 Å². The van der Waals surface area contributed by atoms with Crippen LogP contribution in [-0.4, -0.2) is 23.7 Å². The van der Waals surface area contributed by atoms with Crippen LogP contribution in [0, 0.1) is 0 Å². The minimum atomic E-state index is -0.352. The fourth-order valence-electron chi connectivity index (χ4n) is 4.65. The molecule has 0 unspecified atom stereocenters. The molecular weight excluding hydrogens is 458 g/mol. The van der Waals surface area contributed by atoms with E-state index < -0.39 is 0 Å². The summed E-state index contributed by atoms with van der Waals surface area (Å²) in [4.78, 5) is 31.8. The summed E-state index contributed by atoms with van der Waals surface area (Å²) in [7, 11) is 1.63. The van der Waals surface area contributed by atoms with E-state index in [4.69, 9.17) is 9.72 Å². The Labute approximate surface area is 216 Å². The monoisotopic (exact) mass is 485 g/mol. The number of fused-ring (bicyclic) bond motifs is 1. The van der Waals surface area contributed by atoms with E-state index in [0.717, 1.165) is 33.5 Å². The van der Waals surface area contributed by atoms with Crippen LogP contribution in [0.3, 0.4) is 0 Å². The van der Waals surface area contributed by atoms with Crippen molar-refractivity contribution in [1.82, 2.24) is 4.98 Å². The first-order valence-corrected chi connectivity index (χ1v) is 12.3. The molecule has 4 aromatic carbocycles. The first kappa shape index (κ1) is 24.1. The van der Waals surface area contributed by atoms with Gasteiger partial charge < -0.3 is 4.74 Å². The number of carbonyl (C=O) groups is 2. The van der Waals surface area contributed by atoms with Gasteiger partial charge in [-0.1, -0.05) is 78.9 Å². The van der Waals surface area contributed by atoms with Crippen LogP contribution in [-0.2, 0) is 0 Å². The van der Waals surface area contributed by atoms with Gasteiger partial charge in [0.2, 0.25) is 0 Å². The Morgan fingerprint density at radius 2 is 1.24 bits per heavy atom. The summed E-state index contributed by atoms with van der Waals surface area (Å²) < 4.78 is 5.35. The normalized spacial score (nSPS) is 11.0. The van der Waals surface area contributed by atoms with Crippen LogP contribution in [0.1, 0.15) is 45.0 Å². The van der Waals surface area contributed by atoms with Crippen LogP contribution in [0.2, 0.25) is 0 Å². The van der Waals surface area contributed by atoms with E-state index in [0.29, 0.717) is 11.1 Å². The Balaban J connectivity index is 1.63. The van der Waals surface area contributed by atoms with Gasteiger partial charge in [-0.3, -0.25) is 9.59 Å². The molecule has 0 amide bonds. The lowest BCUT2D eigenvalue weighted by Crippen LogP contribution is -2.14. The highest BCUT2D eigenvalue weighted by molar-refractivity contribution is 6.00. The molecule has 37 heavy (non-hydrogen) atoms. The van der Waals surface area contributed by atoms with E-state index in [1.54, 1.807) is 7.11 Å². The molecule has 4 heteroatoms. The van der Waals surface area contributed by atoms with Crippen molar-refractivity contribution in [1.29, 1.82) is 0 Å². The third-order valence-electron chi connectivity index (χ3n) is 6.61. The maximum Gasteiger partial charge on any atom is 0.163 e. The Hall–Kier alpha value is -4.57. The van der Waals surface area contributed by atoms with Gasteiger partial charge in [0.1, 0.15) is 5.75 Å². The summed E-state index contributed by atoms with van der Waals surface area (Å²) in [5, 5.41) is 0.971. The van der Waals surface area contributed by atoms with Crippen LogP contribution in [0.15, 0.2) is 115 Å². The van der Waals surface area contributed by atoms with Gasteiger partial charge in [0.15, 0.2) is 11.6 Å². The number of methoxy groups -OCH3 is 1. The molecule has 1 aromatic heterocycles. The van der Waals surface area contributed by atoms with E-state index in [1.165, 1.54) is 0 Å². The molecule has 5 rings (SSSR count). The Morgan fingerprint density at radius 3 is 1.81 bits per heavy atom. The minimum Gasteiger partial charge on any atom is -0.497 e. The van der Waals surface area contributed by atoms with E-state index in [9.17, 15) is 9.59 Å². The molecule has 0 fully saturated rings. The van der Waals surface area contributed by atoms with Crippen LogP contribution in [0.25, 0.3) is 22.2 Å². The number of carbonyl (C=O) groups excluding carboxylic acids is 2. The lowest BCUT2D eigenvalue weighted by molar-refractivity contribution is 0.0944. The van der Waals surface area contributed by atoms with Crippen molar-refractivity contribution in [2.75, 3.05) is 7.11 Å². The SMILES string of the molecule is COc1ccc(-c2nc3ccccc3cc2C(CC(=O)c2ccccc2)CC(=O)c2ccccc2)cc1. The number of ether oxygens (including phenoxy) is 1. The predicted molar refractivity (Wildman–Crippen MR) is 147 cm³/mol. The topological polar surface area (TPSA) is 56.3 Å². The van der Waals surface area contributed by atoms with Crippen molar-refractivity contribution in [3.63, 3.8) is 0 Å². The molecule has 0 spiro atoms. The van der Waals surface area contributed by atoms with Gasteiger partial charge >= 0.3 is 0 Å². The summed E-state index contributed by atoms with van der Waals surface area (Å²) in [5.41, 5.74) is 4.70. The second kappa shape index (κ2) is 11.0. The molecule has 1 heterocycles. The number of aromatic nitrogens is 1. The molecule has 0 aliphatic carbocycles. The number of benzene rings is 4. The highest BCUT2D eigenvalue weighted by Crippen LogP contribution is 2.36. The van der Waals surface area contributed by atoms with Gasteiger partial charge in [-0.05, 0) is 42.0 Å². The van der Waals surface area contributed by atoms with E-state index >= 15 is 0 Å². The smallest absolute Gasteiger partial charge is 0.163 e. The first-order chi connectivity index (χ1) is 18.1. The fourth-order valence-corrected chi connectivity index (χ4v) is 4.65. The molecule has 5 aromatic rings. The molecule has 4 nitrogen and oxygen atoms in total. The second-order valence-electron chi connectivity index (χ2n) is 9.03. The number of nitrogens with zero attached hydrogens (tertiary/aromatic N) is 1. The first-order valence-electron chi connectivity index (χ1n) is 12.3. The molecule has 0 saturated heterocycles. The lowest BCUT2D eigenvalue weighted by Gasteiger charge is -2.21. The van der Waals surface area contributed by atoms with E-state index in [2.05, 4.69) is 6.07 Å². The summed E-state index contributed by atoms with van der Waals surface area (Å²) in [6, 6.07) is 36.2. The molecule has 0 N–H and O–H groups in total. The zero-order valence-corrected chi connectivity index (χ0v) is 20.6. The fraction of sp³-hybridized carbons (Fsp3) is 0.121. The number of para-hydroxylation sites is 1. The van der Waals surface area contributed by atoms with Crippen molar-refractivity contribution >= 4 is 22.5 Å². The number of pyridine rings is 1. The van der Waals surface area contributed by atoms with Gasteiger partial charge in [0.25, 0.3) is 0 Å². The zero-order chi connectivity index (χ0) is 25.6. The molecular formula is C33H27NO3. The largest absolute Gasteiger partial charge is 0.497 e. The summed E-state index contributed by atoms with van der Waals surface area (Å²) in [6.07, 6.45) is 0.400. The maximum absolute atomic E-state index is 13.4. The van der Waals surface area contributed by atoms with Crippen molar-refractivity contribution in [3.05, 3.63) is 132 Å². The second-order valence-corrected chi connectivity index (χ2v) is 9.03. The third-order valence-corrected chi connectivity index (χ3v) is 6.61. The average Bonchev–Trinajstić information content (AvgIpc) is 2.97. The van der Waals surface area contributed by atoms with Gasteiger partial charge in [-0.2, -0.15) is 0 Å². The van der Waals surface area contributed by atoms with E-state index in [-0.39, 0.29) is 30.3 Å². The summed E-state index contributed by atoms with van der Waals surface area (Å²) >= 11 is 0. The molecule has 182 valence electrons. The highest BCUT2D eigenvalue weighted by atomic mass is 16.5. The quantitative estimate of drug-likeness (QED) is 0.202. The number of rotatable bonds is 9. The van der Waals surface area contributed by atoms with Crippen molar-refractivity contribution < 1.29 is 14.3 Å². The number of ketones is 2. The van der Waals surface area contributed by atoms with Gasteiger partial charge in [0, 0.05) is 40.8 Å². The molecule has 0 bridgehead atoms. The van der Waals surface area contributed by atoms with E-state index in [1.807, 2.05) is 109 Å². The average molecular weight is 486 g/mol. The Morgan fingerprint density at radius 1 is 0.703 bits per heavy atom. The van der Waals surface area contributed by atoms with Crippen molar-refractivity contribution in [2.24, 2.45) is 0 Å². The predicted octanol–water partition coefficient (Wildman–Crippen LogP) is 7.54. The number of hydrogen-bond donors (Lipinski definition) is 0. The summed E-state index contributed by atoms with van der Waals surface area (Å²) in [5.74, 6) is 0.399. The van der Waals surface area contributed by atoms with Crippen LogP contribution < -0.4 is 4.74 Å². The standard InChI is InChI=1S/C33H27NO3/c1-37-28-18-16-25(17-19-28)33-29(20-26-14-8-9-15-30(26)34-33)27(21-31(35)23-10-4-2-5-11-23)22-32(36)24-12-6-3-7-13-24/h2-20,27H,21-22H2,1H3. The Bertz CT molecular complexity index is 1470. The summed E-state index contributed by atoms with van der Waals surface area (Å²) in [6.45, 7) is 0. The van der Waals surface area contributed by atoms with Crippen molar-refractivity contribution in [2.45, 2.75) is 18.8 Å². The van der Waals surface area contributed by atoms with Crippen LogP contribution in [0.5, 0.6) is 5.75 Å². The molecule has 0 aliphatic rings. The van der Waals surface area contributed by atoms with Crippen LogP contribution in [0.4, 0.5) is 0 Å². The molecule has 0 atom stereocenters. The van der Waals surface area contributed by atoms with Gasteiger partial charge in [0.05, 0.1) is 18.3 Å². The maximum atomic E-state index is 13.4. The molecule has 0 saturated carbocycles. The minimum absolute atomic E-state index is 0.000279. The molecule has 0 radical (unpaired) electrons. The highest BCUT2D eigenvalue weighted by Gasteiger charge is 2.25. The van der Waals surface area contributed by atoms with Crippen LogP contribution >= 0.6 is 0 Å². The Kier molecular flexibility index (Phi) is 7.18. The number of Topliss-reactive ketones (excluding diaryl/α,β-unsaturated/α-hetero) is 2. The van der Waals surface area contributed by atoms with Crippen molar-refractivity contribution in [3.8, 4) is 17.0 Å². The lowest BCUT2D eigenvalue weighted by atomic mass is 9.83.